The number of nitrogens with zero attached hydrogens (tertiary/aromatic N) is 2. The molecule has 2 aromatic carbocycles. The lowest BCUT2D eigenvalue weighted by molar-refractivity contribution is 0.0952. The first-order valence-corrected chi connectivity index (χ1v) is 13.8. The molecule has 2 aliphatic rings. The molecule has 1 amide bonds. The maximum atomic E-state index is 12.7. The van der Waals surface area contributed by atoms with Gasteiger partial charge in [-0.1, -0.05) is 48.2 Å². The summed E-state index contributed by atoms with van der Waals surface area (Å²) in [4.78, 5) is 19.5. The van der Waals surface area contributed by atoms with Gasteiger partial charge in [-0.15, -0.1) is 0 Å². The second kappa shape index (κ2) is 10.3. The highest BCUT2D eigenvalue weighted by molar-refractivity contribution is 8.15. The van der Waals surface area contributed by atoms with Crippen molar-refractivity contribution >= 4 is 38.4 Å². The van der Waals surface area contributed by atoms with E-state index in [0.717, 1.165) is 35.9 Å². The van der Waals surface area contributed by atoms with E-state index in [1.807, 2.05) is 43.3 Å². The number of sulfone groups is 1. The molecule has 2 atom stereocenters. The van der Waals surface area contributed by atoms with Gasteiger partial charge in [0.05, 0.1) is 17.5 Å². The summed E-state index contributed by atoms with van der Waals surface area (Å²) in [6, 6.07) is 15.7. The first-order chi connectivity index (χ1) is 15.8. The number of aryl methyl sites for hydroxylation is 1. The molecule has 1 fully saturated rings. The smallest absolute Gasteiger partial charge is 0.251 e. The molecule has 2 N–H and O–H groups in total. The Hall–Kier alpha value is -2.36. The highest BCUT2D eigenvalue weighted by atomic mass is 32.2. The fourth-order valence-electron chi connectivity index (χ4n) is 4.06. The third-order valence-corrected chi connectivity index (χ3v) is 9.00. The van der Waals surface area contributed by atoms with Crippen LogP contribution in [-0.2, 0) is 16.4 Å². The number of carbonyl (C=O) groups is 1. The topological polar surface area (TPSA) is 90.9 Å². The summed E-state index contributed by atoms with van der Waals surface area (Å²) in [5.74, 6) is 0.198. The number of aliphatic imine (C=N–C) groups is 1. The van der Waals surface area contributed by atoms with E-state index < -0.39 is 9.84 Å². The Kier molecular flexibility index (Phi) is 7.41. The molecule has 4 rings (SSSR count). The van der Waals surface area contributed by atoms with E-state index >= 15 is 0 Å². The van der Waals surface area contributed by atoms with E-state index in [1.54, 1.807) is 0 Å². The van der Waals surface area contributed by atoms with Crippen molar-refractivity contribution < 1.29 is 13.2 Å². The van der Waals surface area contributed by atoms with Gasteiger partial charge >= 0.3 is 0 Å². The second-order valence-electron chi connectivity index (χ2n) is 8.72. The van der Waals surface area contributed by atoms with Crippen molar-refractivity contribution in [2.45, 2.75) is 31.2 Å². The van der Waals surface area contributed by atoms with Crippen molar-refractivity contribution in [3.63, 3.8) is 0 Å². The van der Waals surface area contributed by atoms with E-state index in [-0.39, 0.29) is 28.7 Å². The molecule has 0 spiro atoms. The molecule has 9 heteroatoms. The van der Waals surface area contributed by atoms with Gasteiger partial charge in [-0.2, -0.15) is 0 Å². The van der Waals surface area contributed by atoms with Crippen molar-refractivity contribution in [1.82, 2.24) is 10.2 Å². The Labute approximate surface area is 200 Å². The monoisotopic (exact) mass is 486 g/mol. The number of hydrogen-bond donors (Lipinski definition) is 2. The van der Waals surface area contributed by atoms with Crippen molar-refractivity contribution in [2.24, 2.45) is 4.99 Å². The molecular weight excluding hydrogens is 456 g/mol. The molecular formula is C24H30N4O3S2. The summed E-state index contributed by atoms with van der Waals surface area (Å²) < 4.78 is 23.5. The lowest BCUT2D eigenvalue weighted by Crippen LogP contribution is -2.28. The third-order valence-electron chi connectivity index (χ3n) is 5.86. The molecule has 2 aliphatic heterocycles. The van der Waals surface area contributed by atoms with Crippen LogP contribution < -0.4 is 10.6 Å². The van der Waals surface area contributed by atoms with Crippen LogP contribution in [0.3, 0.4) is 0 Å². The predicted molar refractivity (Wildman–Crippen MR) is 136 cm³/mol. The molecule has 2 heterocycles. The number of nitrogens with one attached hydrogen (secondary N) is 2. The molecule has 0 aliphatic carbocycles. The number of hydrogen-bond acceptors (Lipinski definition) is 7. The van der Waals surface area contributed by atoms with Gasteiger partial charge in [-0.05, 0) is 50.2 Å². The van der Waals surface area contributed by atoms with Crippen molar-refractivity contribution in [1.29, 1.82) is 0 Å². The molecule has 2 aromatic rings. The number of fused-ring (bicyclic) bond motifs is 1. The van der Waals surface area contributed by atoms with Crippen LogP contribution in [0.4, 0.5) is 5.69 Å². The van der Waals surface area contributed by atoms with Crippen LogP contribution in [0.5, 0.6) is 0 Å². The molecule has 0 aromatic heterocycles. The number of amides is 1. The van der Waals surface area contributed by atoms with Crippen LogP contribution in [0.1, 0.15) is 27.9 Å². The Morgan fingerprint density at radius 1 is 1.18 bits per heavy atom. The van der Waals surface area contributed by atoms with Gasteiger partial charge in [-0.3, -0.25) is 9.79 Å². The SMILES string of the molecule is Cc1ccc(C(=O)NCCCN(C)Cc2ccccc2)cc1NC1=N[C@H]2CS(=O)(=O)C[C@@H]2S1. The van der Waals surface area contributed by atoms with E-state index in [0.29, 0.717) is 12.1 Å². The molecule has 0 unspecified atom stereocenters. The average Bonchev–Trinajstić information content (AvgIpc) is 3.25. The first-order valence-electron chi connectivity index (χ1n) is 11.1. The van der Waals surface area contributed by atoms with Gasteiger partial charge in [-0.25, -0.2) is 8.42 Å². The van der Waals surface area contributed by atoms with Gasteiger partial charge in [0.2, 0.25) is 0 Å². The minimum atomic E-state index is -2.97. The summed E-state index contributed by atoms with van der Waals surface area (Å²) in [5, 5.41) is 7.02. The number of carbonyl (C=O) groups excluding carboxylic acids is 1. The normalized spacial score (nSPS) is 21.0. The standard InChI is InChI=1S/C24H30N4O3S2/c1-17-9-10-19(13-20(17)26-24-27-21-15-33(30,31)16-22(21)32-24)23(29)25-11-6-12-28(2)14-18-7-4-3-5-8-18/h3-5,7-10,13,21-22H,6,11-12,14-16H2,1-2H3,(H,25,29)(H,26,27)/t21-,22-/m0/s1. The lowest BCUT2D eigenvalue weighted by atomic mass is 10.1. The van der Waals surface area contributed by atoms with Crippen LogP contribution in [-0.4, -0.2) is 67.3 Å². The third kappa shape index (κ3) is 6.37. The van der Waals surface area contributed by atoms with Crippen LogP contribution in [0, 0.1) is 6.92 Å². The Morgan fingerprint density at radius 3 is 2.73 bits per heavy atom. The van der Waals surface area contributed by atoms with Gasteiger partial charge in [0.25, 0.3) is 5.91 Å². The zero-order valence-electron chi connectivity index (χ0n) is 19.0. The number of amidine groups is 1. The number of benzene rings is 2. The first kappa shape index (κ1) is 23.8. The Morgan fingerprint density at radius 2 is 1.97 bits per heavy atom. The maximum Gasteiger partial charge on any atom is 0.251 e. The molecule has 0 bridgehead atoms. The molecule has 33 heavy (non-hydrogen) atoms. The van der Waals surface area contributed by atoms with E-state index in [1.165, 1.54) is 17.3 Å². The largest absolute Gasteiger partial charge is 0.352 e. The van der Waals surface area contributed by atoms with Gasteiger partial charge in [0.15, 0.2) is 15.0 Å². The lowest BCUT2D eigenvalue weighted by Gasteiger charge is -2.17. The summed E-state index contributed by atoms with van der Waals surface area (Å²) >= 11 is 1.48. The molecule has 1 saturated heterocycles. The molecule has 0 radical (unpaired) electrons. The van der Waals surface area contributed by atoms with E-state index in [9.17, 15) is 13.2 Å². The summed E-state index contributed by atoms with van der Waals surface area (Å²) in [6.07, 6.45) is 0.866. The predicted octanol–water partition coefficient (Wildman–Crippen LogP) is 2.93. The van der Waals surface area contributed by atoms with Crippen LogP contribution >= 0.6 is 11.8 Å². The average molecular weight is 487 g/mol. The minimum absolute atomic E-state index is 0.00990. The van der Waals surface area contributed by atoms with Gasteiger partial charge in [0, 0.05) is 29.6 Å². The molecule has 0 saturated carbocycles. The fourth-order valence-corrected chi connectivity index (χ4v) is 7.72. The van der Waals surface area contributed by atoms with Crippen molar-refractivity contribution in [2.75, 3.05) is 37.0 Å². The fraction of sp³-hybridized carbons (Fsp3) is 0.417. The van der Waals surface area contributed by atoms with Crippen LogP contribution in [0.2, 0.25) is 0 Å². The quantitative estimate of drug-likeness (QED) is 0.558. The maximum absolute atomic E-state index is 12.7. The van der Waals surface area contributed by atoms with Crippen LogP contribution in [0.25, 0.3) is 0 Å². The Bertz CT molecular complexity index is 1140. The molecule has 176 valence electrons. The second-order valence-corrected chi connectivity index (χ2v) is 12.1. The van der Waals surface area contributed by atoms with Crippen molar-refractivity contribution in [3.8, 4) is 0 Å². The summed E-state index contributed by atoms with van der Waals surface area (Å²) in [7, 11) is -0.889. The summed E-state index contributed by atoms with van der Waals surface area (Å²) in [6.45, 7) is 4.36. The highest BCUT2D eigenvalue weighted by Crippen LogP contribution is 2.35. The van der Waals surface area contributed by atoms with Gasteiger partial charge < -0.3 is 15.5 Å². The number of anilines is 1. The van der Waals surface area contributed by atoms with E-state index in [2.05, 4.69) is 39.7 Å². The van der Waals surface area contributed by atoms with E-state index in [4.69, 9.17) is 0 Å². The van der Waals surface area contributed by atoms with Crippen LogP contribution in [0.15, 0.2) is 53.5 Å². The van der Waals surface area contributed by atoms with Crippen molar-refractivity contribution in [3.05, 3.63) is 65.2 Å². The summed E-state index contributed by atoms with van der Waals surface area (Å²) in [5.41, 5.74) is 3.69. The number of rotatable bonds is 8. The minimum Gasteiger partial charge on any atom is -0.352 e. The van der Waals surface area contributed by atoms with Gasteiger partial charge in [0.1, 0.15) is 0 Å². The molecule has 7 nitrogen and oxygen atoms in total. The number of thioether (sulfide) groups is 1. The highest BCUT2D eigenvalue weighted by Gasteiger charge is 2.42. The Balaban J connectivity index is 1.26. The zero-order chi connectivity index (χ0) is 23.4. The zero-order valence-corrected chi connectivity index (χ0v) is 20.6.